The summed E-state index contributed by atoms with van der Waals surface area (Å²) in [5, 5.41) is 0.918. The van der Waals surface area contributed by atoms with Gasteiger partial charge in [0.15, 0.2) is 0 Å². The van der Waals surface area contributed by atoms with Gasteiger partial charge in [-0.3, -0.25) is 9.59 Å². The molecule has 1 aromatic heterocycles. The van der Waals surface area contributed by atoms with E-state index in [0.717, 1.165) is 16.5 Å². The van der Waals surface area contributed by atoms with Crippen LogP contribution in [0.2, 0.25) is 0 Å². The maximum atomic E-state index is 13.7. The molecular weight excluding hydrogens is 416 g/mol. The standard InChI is InChI=1S/C27H26N2O4/c1-4-33-22-12-10-21(11-13-22)29(27(31)23-7-5-6-8-25(23)32-3)17-20-16-19-15-18(2)9-14-24(19)28-26(20)30/h5-16H,4,17H2,1-3H3,(H,28,30). The third-order valence-corrected chi connectivity index (χ3v) is 5.45. The summed E-state index contributed by atoms with van der Waals surface area (Å²) in [5.41, 5.74) is 3.19. The number of anilines is 1. The Bertz CT molecular complexity index is 1340. The summed E-state index contributed by atoms with van der Waals surface area (Å²) < 4.78 is 11.0. The number of carbonyl (C=O) groups excluding carboxylic acids is 1. The molecule has 0 aliphatic carbocycles. The summed E-state index contributed by atoms with van der Waals surface area (Å²) in [7, 11) is 1.53. The lowest BCUT2D eigenvalue weighted by Crippen LogP contribution is -2.33. The number of para-hydroxylation sites is 1. The molecule has 1 N–H and O–H groups in total. The van der Waals surface area contributed by atoms with Gasteiger partial charge in [-0.05, 0) is 73.8 Å². The van der Waals surface area contributed by atoms with Crippen LogP contribution < -0.4 is 19.9 Å². The number of benzene rings is 3. The first-order valence-electron chi connectivity index (χ1n) is 10.8. The van der Waals surface area contributed by atoms with Gasteiger partial charge in [0.2, 0.25) is 0 Å². The first-order valence-corrected chi connectivity index (χ1v) is 10.8. The third-order valence-electron chi connectivity index (χ3n) is 5.45. The zero-order valence-corrected chi connectivity index (χ0v) is 18.9. The molecule has 3 aromatic carbocycles. The largest absolute Gasteiger partial charge is 0.496 e. The summed E-state index contributed by atoms with van der Waals surface area (Å²) in [6.45, 7) is 4.57. The number of fused-ring (bicyclic) bond motifs is 1. The first kappa shape index (κ1) is 22.1. The maximum absolute atomic E-state index is 13.7. The van der Waals surface area contributed by atoms with E-state index >= 15 is 0 Å². The van der Waals surface area contributed by atoms with Crippen molar-refractivity contribution in [1.29, 1.82) is 0 Å². The van der Waals surface area contributed by atoms with Crippen LogP contribution in [-0.2, 0) is 6.54 Å². The fraction of sp³-hybridized carbons (Fsp3) is 0.185. The van der Waals surface area contributed by atoms with Crippen molar-refractivity contribution in [3.05, 3.63) is 99.8 Å². The number of methoxy groups -OCH3 is 1. The van der Waals surface area contributed by atoms with Crippen LogP contribution in [0.1, 0.15) is 28.4 Å². The molecule has 4 aromatic rings. The molecule has 4 rings (SSSR count). The van der Waals surface area contributed by atoms with E-state index in [1.165, 1.54) is 7.11 Å². The second kappa shape index (κ2) is 9.61. The van der Waals surface area contributed by atoms with Crippen LogP contribution in [0.5, 0.6) is 11.5 Å². The Labute approximate surface area is 192 Å². The molecular formula is C27H26N2O4. The fourth-order valence-corrected chi connectivity index (χ4v) is 3.80. The maximum Gasteiger partial charge on any atom is 0.262 e. The first-order chi connectivity index (χ1) is 16.0. The highest BCUT2D eigenvalue weighted by atomic mass is 16.5. The zero-order valence-electron chi connectivity index (χ0n) is 18.9. The van der Waals surface area contributed by atoms with E-state index in [-0.39, 0.29) is 18.0 Å². The predicted octanol–water partition coefficient (Wildman–Crippen LogP) is 5.09. The molecule has 0 bridgehead atoms. The van der Waals surface area contributed by atoms with E-state index in [0.29, 0.717) is 34.9 Å². The molecule has 1 amide bonds. The van der Waals surface area contributed by atoms with Crippen LogP contribution >= 0.6 is 0 Å². The number of hydrogen-bond donors (Lipinski definition) is 1. The van der Waals surface area contributed by atoms with E-state index in [1.807, 2.05) is 68.4 Å². The number of aryl methyl sites for hydroxylation is 1. The van der Waals surface area contributed by atoms with E-state index in [4.69, 9.17) is 9.47 Å². The number of carbonyl (C=O) groups is 1. The van der Waals surface area contributed by atoms with E-state index in [1.54, 1.807) is 23.1 Å². The minimum absolute atomic E-state index is 0.101. The van der Waals surface area contributed by atoms with Crippen molar-refractivity contribution in [1.82, 2.24) is 4.98 Å². The number of nitrogens with one attached hydrogen (secondary N) is 1. The predicted molar refractivity (Wildman–Crippen MR) is 130 cm³/mol. The van der Waals surface area contributed by atoms with Crippen molar-refractivity contribution in [2.75, 3.05) is 18.6 Å². The van der Waals surface area contributed by atoms with Gasteiger partial charge in [0.1, 0.15) is 11.5 Å². The van der Waals surface area contributed by atoms with Gasteiger partial charge in [0, 0.05) is 16.8 Å². The molecule has 0 saturated carbocycles. The Morgan fingerprint density at radius 1 is 1.00 bits per heavy atom. The number of rotatable bonds is 7. The number of pyridine rings is 1. The minimum atomic E-state index is -0.264. The van der Waals surface area contributed by atoms with Crippen LogP contribution in [0, 0.1) is 6.92 Å². The number of amides is 1. The van der Waals surface area contributed by atoms with Gasteiger partial charge in [-0.25, -0.2) is 0 Å². The number of ether oxygens (including phenoxy) is 2. The molecule has 0 unspecified atom stereocenters. The van der Waals surface area contributed by atoms with E-state index in [2.05, 4.69) is 4.98 Å². The molecule has 6 nitrogen and oxygen atoms in total. The molecule has 0 radical (unpaired) electrons. The van der Waals surface area contributed by atoms with Crippen LogP contribution in [0.3, 0.4) is 0 Å². The van der Waals surface area contributed by atoms with Gasteiger partial charge in [-0.2, -0.15) is 0 Å². The Balaban J connectivity index is 1.79. The Morgan fingerprint density at radius 3 is 2.48 bits per heavy atom. The SMILES string of the molecule is CCOc1ccc(N(Cc2cc3cc(C)ccc3[nH]c2=O)C(=O)c2ccccc2OC)cc1. The van der Waals surface area contributed by atoms with Crippen molar-refractivity contribution >= 4 is 22.5 Å². The third kappa shape index (κ3) is 4.75. The number of aromatic nitrogens is 1. The van der Waals surface area contributed by atoms with Crippen LogP contribution in [-0.4, -0.2) is 24.6 Å². The second-order valence-corrected chi connectivity index (χ2v) is 7.73. The Kier molecular flexibility index (Phi) is 6.45. The lowest BCUT2D eigenvalue weighted by Gasteiger charge is -2.24. The molecule has 0 aliphatic heterocycles. The highest BCUT2D eigenvalue weighted by molar-refractivity contribution is 6.07. The number of H-pyrrole nitrogens is 1. The quantitative estimate of drug-likeness (QED) is 0.433. The summed E-state index contributed by atoms with van der Waals surface area (Å²) in [6, 6.07) is 22.0. The molecule has 6 heteroatoms. The van der Waals surface area contributed by atoms with Gasteiger partial charge >= 0.3 is 0 Å². The number of hydrogen-bond acceptors (Lipinski definition) is 4. The van der Waals surface area contributed by atoms with Gasteiger partial charge in [0.05, 0.1) is 25.8 Å². The highest BCUT2D eigenvalue weighted by Crippen LogP contribution is 2.27. The van der Waals surface area contributed by atoms with Crippen molar-refractivity contribution in [3.63, 3.8) is 0 Å². The molecule has 0 saturated heterocycles. The Hall–Kier alpha value is -4.06. The summed E-state index contributed by atoms with van der Waals surface area (Å²) >= 11 is 0. The topological polar surface area (TPSA) is 71.6 Å². The average molecular weight is 443 g/mol. The lowest BCUT2D eigenvalue weighted by atomic mass is 10.1. The molecule has 0 fully saturated rings. The van der Waals surface area contributed by atoms with Crippen LogP contribution in [0.15, 0.2) is 77.6 Å². The number of nitrogens with zero attached hydrogens (tertiary/aromatic N) is 1. The van der Waals surface area contributed by atoms with Crippen LogP contribution in [0.4, 0.5) is 5.69 Å². The average Bonchev–Trinajstić information content (AvgIpc) is 2.83. The molecule has 33 heavy (non-hydrogen) atoms. The monoisotopic (exact) mass is 442 g/mol. The van der Waals surface area contributed by atoms with Gasteiger partial charge < -0.3 is 19.4 Å². The van der Waals surface area contributed by atoms with E-state index in [9.17, 15) is 9.59 Å². The molecule has 0 spiro atoms. The minimum Gasteiger partial charge on any atom is -0.496 e. The van der Waals surface area contributed by atoms with E-state index < -0.39 is 0 Å². The zero-order chi connectivity index (χ0) is 23.4. The van der Waals surface area contributed by atoms with Crippen LogP contribution in [0.25, 0.3) is 10.9 Å². The van der Waals surface area contributed by atoms with Crippen molar-refractivity contribution < 1.29 is 14.3 Å². The summed E-state index contributed by atoms with van der Waals surface area (Å²) in [6.07, 6.45) is 0. The molecule has 1 heterocycles. The smallest absolute Gasteiger partial charge is 0.262 e. The van der Waals surface area contributed by atoms with Gasteiger partial charge in [0.25, 0.3) is 11.5 Å². The lowest BCUT2D eigenvalue weighted by molar-refractivity contribution is 0.0982. The van der Waals surface area contributed by atoms with Crippen molar-refractivity contribution in [2.45, 2.75) is 20.4 Å². The normalized spacial score (nSPS) is 10.8. The summed E-state index contributed by atoms with van der Waals surface area (Å²) in [4.78, 5) is 31.1. The highest BCUT2D eigenvalue weighted by Gasteiger charge is 2.22. The molecule has 0 atom stereocenters. The molecule has 0 aliphatic rings. The fourth-order valence-electron chi connectivity index (χ4n) is 3.80. The van der Waals surface area contributed by atoms with Gasteiger partial charge in [-0.1, -0.05) is 23.8 Å². The summed E-state index contributed by atoms with van der Waals surface area (Å²) in [5.74, 6) is 0.923. The van der Waals surface area contributed by atoms with Crippen molar-refractivity contribution in [2.24, 2.45) is 0 Å². The Morgan fingerprint density at radius 2 is 1.76 bits per heavy atom. The van der Waals surface area contributed by atoms with Gasteiger partial charge in [-0.15, -0.1) is 0 Å². The van der Waals surface area contributed by atoms with Crippen molar-refractivity contribution in [3.8, 4) is 11.5 Å². The molecule has 168 valence electrons. The number of aromatic amines is 1. The second-order valence-electron chi connectivity index (χ2n) is 7.73.